The second kappa shape index (κ2) is 5.79. The van der Waals surface area contributed by atoms with Crippen LogP contribution in [-0.4, -0.2) is 6.29 Å². The monoisotopic (exact) mass is 256 g/mol. The lowest BCUT2D eigenvalue weighted by Gasteiger charge is -2.12. The minimum Gasteiger partial charge on any atom is -0.303 e. The minimum atomic E-state index is -0.301. The van der Waals surface area contributed by atoms with Gasteiger partial charge in [0.2, 0.25) is 0 Å². The van der Waals surface area contributed by atoms with Crippen molar-refractivity contribution in [2.24, 2.45) is 0 Å². The molecule has 0 aromatic heterocycles. The summed E-state index contributed by atoms with van der Waals surface area (Å²) in [6.07, 6.45) is 1.50. The lowest BCUT2D eigenvalue weighted by molar-refractivity contribution is -0.109. The molecule has 0 N–H and O–H groups in total. The first kappa shape index (κ1) is 13.5. The van der Waals surface area contributed by atoms with Crippen molar-refractivity contribution in [1.82, 2.24) is 0 Å². The summed E-state index contributed by atoms with van der Waals surface area (Å²) in [6.45, 7) is 4.11. The summed E-state index contributed by atoms with van der Waals surface area (Å²) in [5.74, 6) is -0.595. The van der Waals surface area contributed by atoms with Gasteiger partial charge >= 0.3 is 0 Å². The van der Waals surface area contributed by atoms with E-state index in [4.69, 9.17) is 0 Å². The van der Waals surface area contributed by atoms with Gasteiger partial charge in [0.25, 0.3) is 0 Å². The second-order valence-electron chi connectivity index (χ2n) is 4.92. The van der Waals surface area contributed by atoms with Gasteiger partial charge in [-0.2, -0.15) is 0 Å². The molecule has 1 nitrogen and oxygen atoms in total. The molecule has 0 fully saturated rings. The molecule has 2 aromatic carbocycles. The number of hydrogen-bond donors (Lipinski definition) is 0. The van der Waals surface area contributed by atoms with Crippen LogP contribution in [0.1, 0.15) is 28.2 Å². The van der Waals surface area contributed by atoms with Crippen LogP contribution in [0.3, 0.4) is 0 Å². The summed E-state index contributed by atoms with van der Waals surface area (Å²) in [5.41, 5.74) is 4.27. The Labute approximate surface area is 113 Å². The predicted octanol–water partition coefficient (Wildman–Crippen LogP) is 3.97. The molecule has 0 saturated heterocycles. The zero-order valence-electron chi connectivity index (χ0n) is 11.2. The number of carbonyl (C=O) groups is 1. The molecule has 98 valence electrons. The third kappa shape index (κ3) is 3.28. The van der Waals surface area contributed by atoms with Crippen molar-refractivity contribution in [1.29, 1.82) is 0 Å². The van der Waals surface area contributed by atoms with E-state index in [0.717, 1.165) is 17.4 Å². The third-order valence-corrected chi connectivity index (χ3v) is 3.47. The van der Waals surface area contributed by atoms with Gasteiger partial charge in [0.15, 0.2) is 0 Å². The predicted molar refractivity (Wildman–Crippen MR) is 74.8 cm³/mol. The van der Waals surface area contributed by atoms with E-state index in [1.54, 1.807) is 12.1 Å². The normalized spacial score (nSPS) is 12.2. The van der Waals surface area contributed by atoms with Crippen molar-refractivity contribution in [3.8, 4) is 0 Å². The van der Waals surface area contributed by atoms with E-state index in [1.807, 2.05) is 6.07 Å². The highest BCUT2D eigenvalue weighted by molar-refractivity contribution is 5.63. The van der Waals surface area contributed by atoms with Crippen LogP contribution >= 0.6 is 0 Å². The Morgan fingerprint density at radius 2 is 1.89 bits per heavy atom. The lowest BCUT2D eigenvalue weighted by Crippen LogP contribution is -2.05. The number of carbonyl (C=O) groups excluding carboxylic acids is 1. The number of aldehydes is 1. The fraction of sp³-hybridized carbons (Fsp3) is 0.235. The molecule has 19 heavy (non-hydrogen) atoms. The van der Waals surface area contributed by atoms with Crippen LogP contribution in [0.4, 0.5) is 4.39 Å². The van der Waals surface area contributed by atoms with Gasteiger partial charge in [-0.3, -0.25) is 0 Å². The van der Waals surface area contributed by atoms with E-state index in [2.05, 4.69) is 26.0 Å². The van der Waals surface area contributed by atoms with Crippen molar-refractivity contribution in [3.05, 3.63) is 70.5 Å². The largest absolute Gasteiger partial charge is 0.303 e. The molecule has 0 spiro atoms. The maximum atomic E-state index is 13.2. The Balaban J connectivity index is 2.23. The zero-order chi connectivity index (χ0) is 13.8. The maximum absolute atomic E-state index is 13.2. The highest BCUT2D eigenvalue weighted by atomic mass is 19.1. The molecule has 0 aliphatic heterocycles. The summed E-state index contributed by atoms with van der Waals surface area (Å²) >= 11 is 0. The molecule has 0 bridgehead atoms. The molecular weight excluding hydrogens is 239 g/mol. The fourth-order valence-electron chi connectivity index (χ4n) is 2.17. The Morgan fingerprint density at radius 3 is 2.53 bits per heavy atom. The number of halogens is 1. The standard InChI is InChI=1S/C17H17FO/c1-12-6-7-14(8-13(12)2)9-16(11-19)15-4-3-5-17(18)10-15/h3-8,10-11,16H,9H2,1-2H3. The van der Waals surface area contributed by atoms with Crippen LogP contribution in [0.25, 0.3) is 0 Å². The van der Waals surface area contributed by atoms with Crippen molar-refractivity contribution < 1.29 is 9.18 Å². The molecule has 0 heterocycles. The summed E-state index contributed by atoms with van der Waals surface area (Å²) in [7, 11) is 0. The number of rotatable bonds is 4. The Morgan fingerprint density at radius 1 is 1.11 bits per heavy atom. The molecule has 0 amide bonds. The number of aryl methyl sites for hydroxylation is 2. The van der Waals surface area contributed by atoms with Crippen molar-refractivity contribution in [2.45, 2.75) is 26.2 Å². The van der Waals surface area contributed by atoms with Gasteiger partial charge < -0.3 is 4.79 Å². The van der Waals surface area contributed by atoms with Crippen LogP contribution < -0.4 is 0 Å². The van der Waals surface area contributed by atoms with Crippen molar-refractivity contribution in [3.63, 3.8) is 0 Å². The SMILES string of the molecule is Cc1ccc(CC(C=O)c2cccc(F)c2)cc1C. The number of benzene rings is 2. The molecule has 0 aliphatic rings. The van der Waals surface area contributed by atoms with E-state index >= 15 is 0 Å². The topological polar surface area (TPSA) is 17.1 Å². The van der Waals surface area contributed by atoms with Crippen LogP contribution in [0.15, 0.2) is 42.5 Å². The molecule has 2 rings (SSSR count). The summed E-state index contributed by atoms with van der Waals surface area (Å²) in [4.78, 5) is 11.3. The first-order valence-corrected chi connectivity index (χ1v) is 6.37. The first-order valence-electron chi connectivity index (χ1n) is 6.37. The fourth-order valence-corrected chi connectivity index (χ4v) is 2.17. The van der Waals surface area contributed by atoms with Crippen LogP contribution in [0.5, 0.6) is 0 Å². The van der Waals surface area contributed by atoms with Gasteiger partial charge in [-0.05, 0) is 54.7 Å². The summed E-state index contributed by atoms with van der Waals surface area (Å²) in [5, 5.41) is 0. The average Bonchev–Trinajstić information content (AvgIpc) is 2.40. The van der Waals surface area contributed by atoms with Gasteiger partial charge in [-0.25, -0.2) is 4.39 Å². The quantitative estimate of drug-likeness (QED) is 0.756. The Bertz CT molecular complexity index is 590. The van der Waals surface area contributed by atoms with E-state index in [-0.39, 0.29) is 11.7 Å². The molecule has 0 aliphatic carbocycles. The summed E-state index contributed by atoms with van der Waals surface area (Å²) < 4.78 is 13.2. The molecule has 2 heteroatoms. The molecule has 2 aromatic rings. The van der Waals surface area contributed by atoms with Crippen LogP contribution in [-0.2, 0) is 11.2 Å². The molecular formula is C17H17FO. The van der Waals surface area contributed by atoms with Gasteiger partial charge in [0.05, 0.1) is 0 Å². The van der Waals surface area contributed by atoms with Crippen LogP contribution in [0, 0.1) is 19.7 Å². The molecule has 1 unspecified atom stereocenters. The van der Waals surface area contributed by atoms with Gasteiger partial charge in [0.1, 0.15) is 12.1 Å². The molecule has 1 atom stereocenters. The van der Waals surface area contributed by atoms with E-state index in [9.17, 15) is 9.18 Å². The molecule has 0 saturated carbocycles. The smallest absolute Gasteiger partial charge is 0.127 e. The third-order valence-electron chi connectivity index (χ3n) is 3.47. The first-order chi connectivity index (χ1) is 9.10. The van der Waals surface area contributed by atoms with Crippen molar-refractivity contribution in [2.75, 3.05) is 0 Å². The maximum Gasteiger partial charge on any atom is 0.127 e. The van der Waals surface area contributed by atoms with E-state index < -0.39 is 0 Å². The Kier molecular flexibility index (Phi) is 4.10. The minimum absolute atomic E-state index is 0.294. The van der Waals surface area contributed by atoms with E-state index in [1.165, 1.54) is 23.3 Å². The van der Waals surface area contributed by atoms with Gasteiger partial charge in [-0.1, -0.05) is 30.3 Å². The van der Waals surface area contributed by atoms with E-state index in [0.29, 0.717) is 6.42 Å². The molecule has 0 radical (unpaired) electrons. The number of hydrogen-bond acceptors (Lipinski definition) is 1. The highest BCUT2D eigenvalue weighted by Crippen LogP contribution is 2.21. The Hall–Kier alpha value is -1.96. The van der Waals surface area contributed by atoms with Crippen LogP contribution in [0.2, 0.25) is 0 Å². The van der Waals surface area contributed by atoms with Gasteiger partial charge in [0, 0.05) is 5.92 Å². The van der Waals surface area contributed by atoms with Gasteiger partial charge in [-0.15, -0.1) is 0 Å². The van der Waals surface area contributed by atoms with Crippen molar-refractivity contribution >= 4 is 6.29 Å². The second-order valence-corrected chi connectivity index (χ2v) is 4.92. The average molecular weight is 256 g/mol. The zero-order valence-corrected chi connectivity index (χ0v) is 11.2. The summed E-state index contributed by atoms with van der Waals surface area (Å²) in [6, 6.07) is 12.4. The highest BCUT2D eigenvalue weighted by Gasteiger charge is 2.12. The lowest BCUT2D eigenvalue weighted by atomic mass is 9.92.